The molecule has 6 heteroatoms. The van der Waals surface area contributed by atoms with E-state index in [1.165, 1.54) is 0 Å². The summed E-state index contributed by atoms with van der Waals surface area (Å²) in [6.45, 7) is 7.17. The summed E-state index contributed by atoms with van der Waals surface area (Å²) in [6.07, 6.45) is 1.75. The number of aromatic nitrogens is 3. The van der Waals surface area contributed by atoms with Gasteiger partial charge in [-0.3, -0.25) is 9.55 Å². The van der Waals surface area contributed by atoms with E-state index >= 15 is 0 Å². The topological polar surface area (TPSA) is 60.2 Å². The number of aliphatic hydroxyl groups is 1. The van der Waals surface area contributed by atoms with Crippen LogP contribution >= 0.6 is 0 Å². The lowest BCUT2D eigenvalue weighted by Gasteiger charge is -2.37. The lowest BCUT2D eigenvalue weighted by molar-refractivity contribution is -0.0893. The van der Waals surface area contributed by atoms with Crippen LogP contribution in [0.15, 0.2) is 72.9 Å². The summed E-state index contributed by atoms with van der Waals surface area (Å²) in [5.41, 5.74) is 2.88. The first-order valence-electron chi connectivity index (χ1n) is 9.99. The van der Waals surface area contributed by atoms with E-state index < -0.39 is 11.2 Å². The highest BCUT2D eigenvalue weighted by atomic mass is 16.5. The highest BCUT2D eigenvalue weighted by Gasteiger charge is 2.35. The van der Waals surface area contributed by atoms with Crippen molar-refractivity contribution in [2.24, 2.45) is 0 Å². The van der Waals surface area contributed by atoms with Crippen molar-refractivity contribution in [3.63, 3.8) is 0 Å². The molecular formula is C24H25BN3O2. The van der Waals surface area contributed by atoms with E-state index in [9.17, 15) is 5.11 Å². The van der Waals surface area contributed by atoms with Crippen LogP contribution in [0.4, 0.5) is 0 Å². The number of fused-ring (bicyclic) bond motifs is 1. The van der Waals surface area contributed by atoms with Gasteiger partial charge in [-0.25, -0.2) is 4.98 Å². The molecule has 0 bridgehead atoms. The summed E-state index contributed by atoms with van der Waals surface area (Å²) >= 11 is 0. The van der Waals surface area contributed by atoms with Gasteiger partial charge < -0.3 is 9.76 Å². The number of para-hydroxylation sites is 3. The molecule has 0 aliphatic carbocycles. The van der Waals surface area contributed by atoms with Crippen molar-refractivity contribution in [3.05, 3.63) is 72.9 Å². The molecular weight excluding hydrogens is 373 g/mol. The molecule has 2 heterocycles. The van der Waals surface area contributed by atoms with E-state index in [4.69, 9.17) is 9.64 Å². The van der Waals surface area contributed by atoms with Gasteiger partial charge in [0.25, 0.3) is 0 Å². The predicted molar refractivity (Wildman–Crippen MR) is 121 cm³/mol. The second-order valence-corrected chi connectivity index (χ2v) is 8.38. The van der Waals surface area contributed by atoms with Gasteiger partial charge in [-0.05, 0) is 63.5 Å². The van der Waals surface area contributed by atoms with Gasteiger partial charge >= 0.3 is 7.48 Å². The van der Waals surface area contributed by atoms with Crippen LogP contribution in [-0.2, 0) is 4.65 Å². The Hall–Kier alpha value is -2.96. The molecule has 0 atom stereocenters. The maximum absolute atomic E-state index is 10.3. The smallest absolute Gasteiger partial charge is 0.332 e. The Morgan fingerprint density at radius 1 is 0.900 bits per heavy atom. The van der Waals surface area contributed by atoms with Crippen molar-refractivity contribution in [1.29, 1.82) is 0 Å². The van der Waals surface area contributed by atoms with Gasteiger partial charge in [-0.1, -0.05) is 36.4 Å². The van der Waals surface area contributed by atoms with Gasteiger partial charge in [0.05, 0.1) is 22.2 Å². The predicted octanol–water partition coefficient (Wildman–Crippen LogP) is 3.90. The highest BCUT2D eigenvalue weighted by molar-refractivity contribution is 6.46. The molecule has 30 heavy (non-hydrogen) atoms. The second kappa shape index (κ2) is 7.71. The monoisotopic (exact) mass is 398 g/mol. The van der Waals surface area contributed by atoms with E-state index in [0.717, 1.165) is 33.7 Å². The Kier molecular flexibility index (Phi) is 5.22. The standard InChI is InChI=1S/C24H25BN3O2/c1-23(2,29)24(3,4)30-25-17-14-15-20(26-16-17)22-27-19-12-8-9-13-21(19)28(22)18-10-6-5-7-11-18/h5-16,29H,1-4H3. The zero-order chi connectivity index (χ0) is 21.4. The number of rotatable bonds is 6. The molecule has 0 saturated carbocycles. The molecule has 4 rings (SSSR count). The molecule has 5 nitrogen and oxygen atoms in total. The zero-order valence-corrected chi connectivity index (χ0v) is 17.7. The number of pyridine rings is 1. The van der Waals surface area contributed by atoms with Crippen LogP contribution in [0.1, 0.15) is 27.7 Å². The van der Waals surface area contributed by atoms with Crippen molar-refractivity contribution in [2.45, 2.75) is 38.9 Å². The Bertz CT molecular complexity index is 1150. The minimum absolute atomic E-state index is 0.729. The molecule has 0 amide bonds. The summed E-state index contributed by atoms with van der Waals surface area (Å²) < 4.78 is 7.95. The molecule has 0 fully saturated rings. The molecule has 1 N–H and O–H groups in total. The summed E-state index contributed by atoms with van der Waals surface area (Å²) in [5, 5.41) is 10.3. The van der Waals surface area contributed by atoms with Crippen molar-refractivity contribution in [1.82, 2.24) is 14.5 Å². The van der Waals surface area contributed by atoms with Gasteiger partial charge in [-0.2, -0.15) is 0 Å². The van der Waals surface area contributed by atoms with Gasteiger partial charge in [0.1, 0.15) is 5.69 Å². The molecule has 0 aliphatic heterocycles. The lowest BCUT2D eigenvalue weighted by Crippen LogP contribution is -2.49. The molecule has 151 valence electrons. The van der Waals surface area contributed by atoms with Crippen molar-refractivity contribution < 1.29 is 9.76 Å². The minimum atomic E-state index is -0.975. The first-order valence-corrected chi connectivity index (χ1v) is 9.99. The fourth-order valence-corrected chi connectivity index (χ4v) is 3.00. The highest BCUT2D eigenvalue weighted by Crippen LogP contribution is 2.27. The lowest BCUT2D eigenvalue weighted by atomic mass is 9.83. The van der Waals surface area contributed by atoms with Crippen molar-refractivity contribution in [3.8, 4) is 17.2 Å². The zero-order valence-electron chi connectivity index (χ0n) is 17.7. The number of imidazole rings is 1. The van der Waals surface area contributed by atoms with Crippen molar-refractivity contribution >= 4 is 24.0 Å². The maximum atomic E-state index is 10.3. The maximum Gasteiger partial charge on any atom is 0.332 e. The Balaban J connectivity index is 1.67. The summed E-state index contributed by atoms with van der Waals surface area (Å²) in [7, 11) is 1.63. The summed E-state index contributed by atoms with van der Waals surface area (Å²) in [5.74, 6) is 0.784. The van der Waals surface area contributed by atoms with Crippen LogP contribution in [0, 0.1) is 0 Å². The Morgan fingerprint density at radius 3 is 2.27 bits per heavy atom. The van der Waals surface area contributed by atoms with Crippen LogP contribution in [-0.4, -0.2) is 38.3 Å². The molecule has 1 radical (unpaired) electrons. The molecule has 0 saturated heterocycles. The second-order valence-electron chi connectivity index (χ2n) is 8.38. The van der Waals surface area contributed by atoms with E-state index in [-0.39, 0.29) is 0 Å². The van der Waals surface area contributed by atoms with E-state index in [1.807, 2.05) is 62.4 Å². The van der Waals surface area contributed by atoms with Gasteiger partial charge in [0, 0.05) is 11.9 Å². The van der Waals surface area contributed by atoms with Crippen LogP contribution in [0.2, 0.25) is 0 Å². The molecule has 0 aliphatic rings. The number of hydrogen-bond donors (Lipinski definition) is 1. The number of hydrogen-bond acceptors (Lipinski definition) is 4. The third-order valence-electron chi connectivity index (χ3n) is 5.55. The summed E-state index contributed by atoms with van der Waals surface area (Å²) in [6, 6.07) is 22.1. The van der Waals surface area contributed by atoms with E-state index in [1.54, 1.807) is 27.5 Å². The Labute approximate surface area is 177 Å². The minimum Gasteiger partial charge on any atom is -0.427 e. The van der Waals surface area contributed by atoms with Gasteiger partial charge in [0.2, 0.25) is 0 Å². The fraction of sp³-hybridized carbons (Fsp3) is 0.250. The van der Waals surface area contributed by atoms with Crippen molar-refractivity contribution in [2.75, 3.05) is 0 Å². The average Bonchev–Trinajstić information content (AvgIpc) is 3.12. The largest absolute Gasteiger partial charge is 0.427 e. The molecule has 2 aromatic heterocycles. The molecule has 0 unspecified atom stereocenters. The first-order chi connectivity index (χ1) is 14.3. The van der Waals surface area contributed by atoms with E-state index in [0.29, 0.717) is 0 Å². The van der Waals surface area contributed by atoms with Gasteiger partial charge in [0.15, 0.2) is 5.82 Å². The van der Waals surface area contributed by atoms with Crippen LogP contribution in [0.3, 0.4) is 0 Å². The number of benzene rings is 2. The SMILES string of the molecule is CC(C)(O)C(C)(C)O[B]c1ccc(-c2nc3ccccc3n2-c2ccccc2)nc1. The van der Waals surface area contributed by atoms with Crippen LogP contribution < -0.4 is 5.46 Å². The Morgan fingerprint density at radius 2 is 1.60 bits per heavy atom. The third-order valence-corrected chi connectivity index (χ3v) is 5.55. The quantitative estimate of drug-likeness (QED) is 0.501. The fourth-order valence-electron chi connectivity index (χ4n) is 3.00. The van der Waals surface area contributed by atoms with E-state index in [2.05, 4.69) is 27.8 Å². The third kappa shape index (κ3) is 3.89. The molecule has 2 aromatic carbocycles. The first kappa shape index (κ1) is 20.3. The molecule has 4 aromatic rings. The summed E-state index contributed by atoms with van der Waals surface area (Å²) in [4.78, 5) is 9.47. The average molecular weight is 398 g/mol. The normalized spacial score (nSPS) is 12.3. The van der Waals surface area contributed by atoms with Crippen LogP contribution in [0.25, 0.3) is 28.2 Å². The molecule has 0 spiro atoms. The number of nitrogens with zero attached hydrogens (tertiary/aromatic N) is 3. The van der Waals surface area contributed by atoms with Gasteiger partial charge in [-0.15, -0.1) is 0 Å². The van der Waals surface area contributed by atoms with Crippen LogP contribution in [0.5, 0.6) is 0 Å².